The zero-order valence-corrected chi connectivity index (χ0v) is 9.27. The van der Waals surface area contributed by atoms with Crippen molar-refractivity contribution in [1.82, 2.24) is 4.98 Å². The van der Waals surface area contributed by atoms with Crippen molar-refractivity contribution >= 4 is 0 Å². The highest BCUT2D eigenvalue weighted by Crippen LogP contribution is 2.17. The lowest BCUT2D eigenvalue weighted by molar-refractivity contribution is 0.0652. The molecule has 84 valence electrons. The third-order valence-electron chi connectivity index (χ3n) is 1.96. The van der Waals surface area contributed by atoms with Gasteiger partial charge in [0.15, 0.2) is 0 Å². The van der Waals surface area contributed by atoms with Crippen LogP contribution in [0.4, 0.5) is 0 Å². The van der Waals surface area contributed by atoms with Crippen LogP contribution in [0.5, 0.6) is 5.75 Å². The second kappa shape index (κ2) is 6.37. The number of aromatic nitrogens is 1. The number of pyridine rings is 1. The van der Waals surface area contributed by atoms with Crippen LogP contribution < -0.4 is 10.5 Å². The van der Waals surface area contributed by atoms with E-state index in [9.17, 15) is 0 Å². The summed E-state index contributed by atoms with van der Waals surface area (Å²) in [7, 11) is 0. The third kappa shape index (κ3) is 3.85. The summed E-state index contributed by atoms with van der Waals surface area (Å²) in [5, 5.41) is 0. The summed E-state index contributed by atoms with van der Waals surface area (Å²) in [6.07, 6.45) is 3.45. The Labute approximate surface area is 90.4 Å². The largest absolute Gasteiger partial charge is 0.488 e. The maximum atomic E-state index is 5.69. The van der Waals surface area contributed by atoms with Gasteiger partial charge in [-0.3, -0.25) is 4.98 Å². The van der Waals surface area contributed by atoms with Gasteiger partial charge >= 0.3 is 0 Å². The molecule has 0 aliphatic rings. The first kappa shape index (κ1) is 11.9. The van der Waals surface area contributed by atoms with Crippen LogP contribution >= 0.6 is 0 Å². The van der Waals surface area contributed by atoms with Crippen LogP contribution in [0.15, 0.2) is 18.5 Å². The number of nitrogens with two attached hydrogens (primary N) is 1. The fraction of sp³-hybridized carbons (Fsp3) is 0.545. The molecule has 0 aliphatic heterocycles. The Hall–Kier alpha value is -1.13. The standard InChI is InChI=1S/C11H18N2O2/c1-3-14-8-9(2)15-11-4-5-13-7-10(11)6-12/h4-5,7,9H,3,6,8,12H2,1-2H3. The third-order valence-corrected chi connectivity index (χ3v) is 1.96. The Morgan fingerprint density at radius 3 is 3.00 bits per heavy atom. The van der Waals surface area contributed by atoms with Gasteiger partial charge < -0.3 is 15.2 Å². The normalized spacial score (nSPS) is 12.5. The molecule has 0 aliphatic carbocycles. The summed E-state index contributed by atoms with van der Waals surface area (Å²) in [4.78, 5) is 3.99. The molecule has 0 amide bonds. The van der Waals surface area contributed by atoms with Crippen molar-refractivity contribution in [2.24, 2.45) is 5.73 Å². The average Bonchev–Trinajstić information content (AvgIpc) is 2.27. The van der Waals surface area contributed by atoms with E-state index in [0.717, 1.165) is 11.3 Å². The molecule has 0 aromatic carbocycles. The SMILES string of the molecule is CCOCC(C)Oc1ccncc1CN. The van der Waals surface area contributed by atoms with Gasteiger partial charge in [0.1, 0.15) is 11.9 Å². The molecule has 0 bridgehead atoms. The molecule has 1 heterocycles. The molecule has 1 atom stereocenters. The highest BCUT2D eigenvalue weighted by atomic mass is 16.5. The second-order valence-electron chi connectivity index (χ2n) is 3.28. The first-order chi connectivity index (χ1) is 7.27. The van der Waals surface area contributed by atoms with Gasteiger partial charge in [0, 0.05) is 31.1 Å². The van der Waals surface area contributed by atoms with Gasteiger partial charge in [0.25, 0.3) is 0 Å². The molecule has 0 fully saturated rings. The lowest BCUT2D eigenvalue weighted by atomic mass is 10.2. The van der Waals surface area contributed by atoms with Crippen molar-refractivity contribution in [1.29, 1.82) is 0 Å². The highest BCUT2D eigenvalue weighted by molar-refractivity contribution is 5.29. The van der Waals surface area contributed by atoms with Crippen molar-refractivity contribution < 1.29 is 9.47 Å². The van der Waals surface area contributed by atoms with E-state index in [-0.39, 0.29) is 6.10 Å². The van der Waals surface area contributed by atoms with E-state index in [0.29, 0.717) is 19.8 Å². The van der Waals surface area contributed by atoms with Crippen LogP contribution in [0.25, 0.3) is 0 Å². The first-order valence-corrected chi connectivity index (χ1v) is 5.15. The lowest BCUT2D eigenvalue weighted by Crippen LogP contribution is -2.20. The molecule has 0 spiro atoms. The molecule has 1 aromatic heterocycles. The van der Waals surface area contributed by atoms with E-state index in [1.807, 2.05) is 19.9 Å². The van der Waals surface area contributed by atoms with Gasteiger partial charge in [-0.1, -0.05) is 0 Å². The Morgan fingerprint density at radius 1 is 1.53 bits per heavy atom. The molecule has 1 unspecified atom stereocenters. The van der Waals surface area contributed by atoms with Crippen LogP contribution in [0.1, 0.15) is 19.4 Å². The van der Waals surface area contributed by atoms with Crippen molar-refractivity contribution in [3.63, 3.8) is 0 Å². The van der Waals surface area contributed by atoms with E-state index < -0.39 is 0 Å². The number of hydrogen-bond acceptors (Lipinski definition) is 4. The maximum Gasteiger partial charge on any atom is 0.127 e. The fourth-order valence-corrected chi connectivity index (χ4v) is 1.22. The van der Waals surface area contributed by atoms with Gasteiger partial charge in [-0.2, -0.15) is 0 Å². The Balaban J connectivity index is 2.55. The summed E-state index contributed by atoms with van der Waals surface area (Å²) in [5.74, 6) is 0.791. The summed E-state index contributed by atoms with van der Waals surface area (Å²) >= 11 is 0. The minimum atomic E-state index is 0.0256. The van der Waals surface area contributed by atoms with Crippen LogP contribution in [-0.4, -0.2) is 24.3 Å². The van der Waals surface area contributed by atoms with E-state index in [2.05, 4.69) is 4.98 Å². The predicted molar refractivity (Wildman–Crippen MR) is 58.7 cm³/mol. The molecule has 15 heavy (non-hydrogen) atoms. The molecule has 1 rings (SSSR count). The number of nitrogens with zero attached hydrogens (tertiary/aromatic N) is 1. The Kier molecular flexibility index (Phi) is 5.07. The summed E-state index contributed by atoms with van der Waals surface area (Å²) in [6.45, 7) is 5.65. The van der Waals surface area contributed by atoms with E-state index in [1.54, 1.807) is 12.4 Å². The molecule has 4 nitrogen and oxygen atoms in total. The van der Waals surface area contributed by atoms with Crippen LogP contribution in [0, 0.1) is 0 Å². The molecule has 1 aromatic rings. The van der Waals surface area contributed by atoms with E-state index in [4.69, 9.17) is 15.2 Å². The summed E-state index contributed by atoms with van der Waals surface area (Å²) in [6, 6.07) is 1.82. The van der Waals surface area contributed by atoms with E-state index in [1.165, 1.54) is 0 Å². The molecule has 0 radical (unpaired) electrons. The quantitative estimate of drug-likeness (QED) is 0.770. The monoisotopic (exact) mass is 210 g/mol. The van der Waals surface area contributed by atoms with Gasteiger partial charge in [-0.15, -0.1) is 0 Å². The summed E-state index contributed by atoms with van der Waals surface area (Å²) in [5.41, 5.74) is 6.49. The number of ether oxygens (including phenoxy) is 2. The van der Waals surface area contributed by atoms with Crippen molar-refractivity contribution in [3.8, 4) is 5.75 Å². The molecule has 0 saturated carbocycles. The number of rotatable bonds is 6. The predicted octanol–water partition coefficient (Wildman–Crippen LogP) is 1.34. The smallest absolute Gasteiger partial charge is 0.127 e. The van der Waals surface area contributed by atoms with Crippen molar-refractivity contribution in [2.75, 3.05) is 13.2 Å². The van der Waals surface area contributed by atoms with Crippen molar-refractivity contribution in [2.45, 2.75) is 26.5 Å². The topological polar surface area (TPSA) is 57.4 Å². The molecular weight excluding hydrogens is 192 g/mol. The zero-order valence-electron chi connectivity index (χ0n) is 9.27. The Bertz CT molecular complexity index is 292. The fourth-order valence-electron chi connectivity index (χ4n) is 1.22. The minimum Gasteiger partial charge on any atom is -0.488 e. The van der Waals surface area contributed by atoms with Crippen LogP contribution in [0.3, 0.4) is 0 Å². The first-order valence-electron chi connectivity index (χ1n) is 5.15. The van der Waals surface area contributed by atoms with Gasteiger partial charge in [0.2, 0.25) is 0 Å². The summed E-state index contributed by atoms with van der Waals surface area (Å²) < 4.78 is 11.0. The number of hydrogen-bond donors (Lipinski definition) is 1. The zero-order chi connectivity index (χ0) is 11.1. The van der Waals surface area contributed by atoms with Gasteiger partial charge in [-0.05, 0) is 19.9 Å². The molecular formula is C11H18N2O2. The molecule has 2 N–H and O–H groups in total. The minimum absolute atomic E-state index is 0.0256. The Morgan fingerprint density at radius 2 is 2.33 bits per heavy atom. The van der Waals surface area contributed by atoms with Crippen LogP contribution in [0.2, 0.25) is 0 Å². The molecule has 4 heteroatoms. The second-order valence-corrected chi connectivity index (χ2v) is 3.28. The van der Waals surface area contributed by atoms with Crippen LogP contribution in [-0.2, 0) is 11.3 Å². The lowest BCUT2D eigenvalue weighted by Gasteiger charge is -2.16. The van der Waals surface area contributed by atoms with Gasteiger partial charge in [0.05, 0.1) is 6.61 Å². The van der Waals surface area contributed by atoms with E-state index >= 15 is 0 Å². The highest BCUT2D eigenvalue weighted by Gasteiger charge is 2.07. The molecule has 0 saturated heterocycles. The maximum absolute atomic E-state index is 5.69. The van der Waals surface area contributed by atoms with Crippen molar-refractivity contribution in [3.05, 3.63) is 24.0 Å². The average molecular weight is 210 g/mol. The van der Waals surface area contributed by atoms with Gasteiger partial charge in [-0.25, -0.2) is 0 Å².